The molecule has 0 amide bonds. The van der Waals surface area contributed by atoms with Crippen molar-refractivity contribution >= 4 is 11.9 Å². The van der Waals surface area contributed by atoms with Crippen LogP contribution in [0.5, 0.6) is 0 Å². The third-order valence-corrected chi connectivity index (χ3v) is 10.2. The smallest absolute Gasteiger partial charge is 0.306 e. The van der Waals surface area contributed by atoms with E-state index in [0.717, 1.165) is 89.9 Å². The van der Waals surface area contributed by atoms with E-state index < -0.39 is 6.10 Å². The molecule has 0 aromatic heterocycles. The highest BCUT2D eigenvalue weighted by Crippen LogP contribution is 2.14. The van der Waals surface area contributed by atoms with E-state index in [1.807, 2.05) is 0 Å². The molecule has 0 aliphatic carbocycles. The van der Waals surface area contributed by atoms with Gasteiger partial charge < -0.3 is 14.6 Å². The Hall–Kier alpha value is -2.92. The average molecular weight is 807 g/mol. The van der Waals surface area contributed by atoms with E-state index in [2.05, 4.69) is 98.9 Å². The Morgan fingerprint density at radius 2 is 0.741 bits per heavy atom. The lowest BCUT2D eigenvalue weighted by atomic mass is 10.0. The second-order valence-corrected chi connectivity index (χ2v) is 15.8. The van der Waals surface area contributed by atoms with Crippen LogP contribution in [0.3, 0.4) is 0 Å². The van der Waals surface area contributed by atoms with E-state index in [4.69, 9.17) is 9.47 Å². The highest BCUT2D eigenvalue weighted by atomic mass is 16.6. The molecule has 332 valence electrons. The maximum atomic E-state index is 12.2. The predicted octanol–water partition coefficient (Wildman–Crippen LogP) is 15.9. The molecule has 58 heavy (non-hydrogen) atoms. The zero-order valence-corrected chi connectivity index (χ0v) is 37.8. The summed E-state index contributed by atoms with van der Waals surface area (Å²) in [5.41, 5.74) is 0. The first-order valence-corrected chi connectivity index (χ1v) is 24.1. The summed E-state index contributed by atoms with van der Waals surface area (Å²) >= 11 is 0. The Balaban J connectivity index is 3.55. The molecule has 0 aliphatic heterocycles. The van der Waals surface area contributed by atoms with Crippen molar-refractivity contribution in [1.29, 1.82) is 0 Å². The van der Waals surface area contributed by atoms with Gasteiger partial charge in [0, 0.05) is 12.8 Å². The lowest BCUT2D eigenvalue weighted by Crippen LogP contribution is -2.28. The molecular formula is C53H90O5. The van der Waals surface area contributed by atoms with Crippen LogP contribution in [0, 0.1) is 0 Å². The number of hydrogen-bond donors (Lipinski definition) is 1. The van der Waals surface area contributed by atoms with E-state index in [0.29, 0.717) is 12.8 Å². The summed E-state index contributed by atoms with van der Waals surface area (Å²) in [6.45, 7) is 3.99. The minimum absolute atomic E-state index is 0.0807. The summed E-state index contributed by atoms with van der Waals surface area (Å²) in [5, 5.41) is 9.60. The lowest BCUT2D eigenvalue weighted by molar-refractivity contribution is -0.161. The van der Waals surface area contributed by atoms with Crippen molar-refractivity contribution in [2.75, 3.05) is 13.2 Å². The summed E-state index contributed by atoms with van der Waals surface area (Å²) in [7, 11) is 0. The van der Waals surface area contributed by atoms with Gasteiger partial charge in [0.25, 0.3) is 0 Å². The summed E-state index contributed by atoms with van der Waals surface area (Å²) in [4.78, 5) is 24.4. The van der Waals surface area contributed by atoms with Crippen molar-refractivity contribution in [2.45, 2.75) is 225 Å². The molecule has 5 nitrogen and oxygen atoms in total. The van der Waals surface area contributed by atoms with Gasteiger partial charge in [-0.05, 0) is 89.9 Å². The molecule has 0 heterocycles. The largest absolute Gasteiger partial charge is 0.462 e. The monoisotopic (exact) mass is 807 g/mol. The maximum Gasteiger partial charge on any atom is 0.306 e. The minimum atomic E-state index is -0.790. The highest BCUT2D eigenvalue weighted by molar-refractivity contribution is 5.70. The zero-order valence-electron chi connectivity index (χ0n) is 37.8. The number of carbonyl (C=O) groups excluding carboxylic acids is 2. The molecular weight excluding hydrogens is 717 g/mol. The number of ether oxygens (including phenoxy) is 2. The van der Waals surface area contributed by atoms with Gasteiger partial charge in [-0.25, -0.2) is 0 Å². The first-order valence-electron chi connectivity index (χ1n) is 24.1. The second kappa shape index (κ2) is 48.4. The molecule has 0 fully saturated rings. The van der Waals surface area contributed by atoms with Crippen molar-refractivity contribution in [3.8, 4) is 0 Å². The van der Waals surface area contributed by atoms with Crippen LogP contribution >= 0.6 is 0 Å². The Bertz CT molecular complexity index is 1090. The lowest BCUT2D eigenvalue weighted by Gasteiger charge is -2.15. The molecule has 0 radical (unpaired) electrons. The molecule has 1 atom stereocenters. The molecule has 0 aromatic rings. The first kappa shape index (κ1) is 55.1. The molecule has 1 N–H and O–H groups in total. The molecule has 0 aliphatic rings. The number of allylic oxidation sites excluding steroid dienone is 14. The standard InChI is InChI=1S/C53H90O5/c1-3-5-7-9-11-13-15-17-19-21-22-23-24-25-26-27-28-29-30-32-33-35-37-39-41-43-45-47-52(55)57-50-51(49-54)58-53(56)48-46-44-42-40-38-36-34-31-20-18-16-14-12-10-8-6-4-2/h6,8,12,14-15,17-18,20-22,24-25,34,36,51,54H,3-5,7,9-11,13,16,19,23,26-33,35,37-50H2,1-2H3/b8-6-,14-12-,17-15-,20-18-,22-21-,25-24-,36-34-. The van der Waals surface area contributed by atoms with Crippen LogP contribution in [0.4, 0.5) is 0 Å². The van der Waals surface area contributed by atoms with Gasteiger partial charge >= 0.3 is 11.9 Å². The van der Waals surface area contributed by atoms with E-state index in [1.54, 1.807) is 0 Å². The minimum Gasteiger partial charge on any atom is -0.462 e. The van der Waals surface area contributed by atoms with Crippen molar-refractivity contribution < 1.29 is 24.2 Å². The van der Waals surface area contributed by atoms with Gasteiger partial charge in [0.05, 0.1) is 6.61 Å². The van der Waals surface area contributed by atoms with Crippen molar-refractivity contribution in [3.05, 3.63) is 85.1 Å². The quantitative estimate of drug-likeness (QED) is 0.0377. The number of esters is 2. The first-order chi connectivity index (χ1) is 28.6. The van der Waals surface area contributed by atoms with E-state index >= 15 is 0 Å². The summed E-state index contributed by atoms with van der Waals surface area (Å²) in [6.07, 6.45) is 66.7. The SMILES string of the molecule is CC/C=C\C/C=C\C/C=C\C/C=C\CCCCCCC(=O)OC(CO)COC(=O)CCCCCCCCCCCCCC/C=C\C/C=C\C/C=C\CCCCCCC. The van der Waals surface area contributed by atoms with Crippen LogP contribution in [-0.2, 0) is 19.1 Å². The Morgan fingerprint density at radius 3 is 1.12 bits per heavy atom. The van der Waals surface area contributed by atoms with Crippen LogP contribution in [0.25, 0.3) is 0 Å². The fourth-order valence-electron chi connectivity index (χ4n) is 6.55. The molecule has 0 spiro atoms. The van der Waals surface area contributed by atoms with E-state index in [1.165, 1.54) is 103 Å². The predicted molar refractivity (Wildman–Crippen MR) is 251 cm³/mol. The second-order valence-electron chi connectivity index (χ2n) is 15.8. The molecule has 0 saturated carbocycles. The normalized spacial score (nSPS) is 12.9. The van der Waals surface area contributed by atoms with Gasteiger partial charge in [0.2, 0.25) is 0 Å². The Labute approximate surface area is 358 Å². The number of rotatable bonds is 43. The van der Waals surface area contributed by atoms with E-state index in [-0.39, 0.29) is 25.2 Å². The van der Waals surface area contributed by atoms with Crippen LogP contribution in [-0.4, -0.2) is 36.4 Å². The summed E-state index contributed by atoms with van der Waals surface area (Å²) in [5.74, 6) is -0.623. The van der Waals surface area contributed by atoms with Crippen molar-refractivity contribution in [2.24, 2.45) is 0 Å². The van der Waals surface area contributed by atoms with Crippen molar-refractivity contribution in [3.63, 3.8) is 0 Å². The van der Waals surface area contributed by atoms with Crippen molar-refractivity contribution in [1.82, 2.24) is 0 Å². The topological polar surface area (TPSA) is 72.8 Å². The third kappa shape index (κ3) is 45.8. The van der Waals surface area contributed by atoms with Crippen LogP contribution < -0.4 is 0 Å². The van der Waals surface area contributed by atoms with Gasteiger partial charge in [0.1, 0.15) is 6.61 Å². The van der Waals surface area contributed by atoms with Gasteiger partial charge in [-0.3, -0.25) is 9.59 Å². The van der Waals surface area contributed by atoms with Crippen LogP contribution in [0.1, 0.15) is 219 Å². The summed E-state index contributed by atoms with van der Waals surface area (Å²) < 4.78 is 10.6. The number of carbonyl (C=O) groups is 2. The number of aliphatic hydroxyl groups is 1. The fraction of sp³-hybridized carbons (Fsp3) is 0.698. The van der Waals surface area contributed by atoms with Crippen LogP contribution in [0.2, 0.25) is 0 Å². The molecule has 0 saturated heterocycles. The van der Waals surface area contributed by atoms with Gasteiger partial charge in [-0.2, -0.15) is 0 Å². The number of hydrogen-bond acceptors (Lipinski definition) is 5. The maximum absolute atomic E-state index is 12.2. The number of aliphatic hydroxyl groups excluding tert-OH is 1. The molecule has 1 unspecified atom stereocenters. The average Bonchev–Trinajstić information content (AvgIpc) is 3.23. The fourth-order valence-corrected chi connectivity index (χ4v) is 6.55. The molecule has 0 aromatic carbocycles. The Morgan fingerprint density at radius 1 is 0.414 bits per heavy atom. The summed E-state index contributed by atoms with van der Waals surface area (Å²) in [6, 6.07) is 0. The van der Waals surface area contributed by atoms with Gasteiger partial charge in [-0.15, -0.1) is 0 Å². The van der Waals surface area contributed by atoms with Gasteiger partial charge in [-0.1, -0.05) is 202 Å². The number of unbranched alkanes of at least 4 members (excludes halogenated alkanes) is 21. The van der Waals surface area contributed by atoms with Gasteiger partial charge in [0.15, 0.2) is 6.10 Å². The Kier molecular flexibility index (Phi) is 46.0. The highest BCUT2D eigenvalue weighted by Gasteiger charge is 2.16. The van der Waals surface area contributed by atoms with E-state index in [9.17, 15) is 14.7 Å². The molecule has 0 bridgehead atoms. The third-order valence-electron chi connectivity index (χ3n) is 10.2. The molecule has 0 rings (SSSR count). The molecule has 5 heteroatoms. The van der Waals surface area contributed by atoms with Crippen LogP contribution in [0.15, 0.2) is 85.1 Å². The zero-order chi connectivity index (χ0) is 42.1.